The number of imide groups is 1. The lowest BCUT2D eigenvalue weighted by Crippen LogP contribution is -2.40. The molecule has 0 N–H and O–H groups in total. The van der Waals surface area contributed by atoms with Crippen LogP contribution in [-0.2, 0) is 14.3 Å². The van der Waals surface area contributed by atoms with Crippen molar-refractivity contribution >= 4 is 34.7 Å². The van der Waals surface area contributed by atoms with Crippen LogP contribution < -0.4 is 9.64 Å². The summed E-state index contributed by atoms with van der Waals surface area (Å²) in [5, 5.41) is 0.350. The summed E-state index contributed by atoms with van der Waals surface area (Å²) >= 11 is 6.30. The zero-order valence-corrected chi connectivity index (χ0v) is 16.8. The average Bonchev–Trinajstić information content (AvgIpc) is 3.00. The molecule has 0 aliphatic carbocycles. The highest BCUT2D eigenvalue weighted by Gasteiger charge is 2.43. The lowest BCUT2D eigenvalue weighted by molar-refractivity contribution is -0.121. The molecular formula is C22H21ClN2O4. The third kappa shape index (κ3) is 3.61. The summed E-state index contributed by atoms with van der Waals surface area (Å²) in [5.41, 5.74) is 1.82. The van der Waals surface area contributed by atoms with Gasteiger partial charge >= 0.3 is 0 Å². The smallest absolute Gasteiger partial charge is 0.282 e. The summed E-state index contributed by atoms with van der Waals surface area (Å²) in [6.45, 7) is 4.57. The van der Waals surface area contributed by atoms with Gasteiger partial charge in [0, 0.05) is 13.1 Å². The number of nitrogens with zero attached hydrogens (tertiary/aromatic N) is 2. The maximum absolute atomic E-state index is 13.4. The second-order valence-corrected chi connectivity index (χ2v) is 7.08. The summed E-state index contributed by atoms with van der Waals surface area (Å²) in [7, 11) is 0. The molecule has 1 fully saturated rings. The van der Waals surface area contributed by atoms with Crippen LogP contribution in [-0.4, -0.2) is 49.6 Å². The molecule has 2 aromatic rings. The van der Waals surface area contributed by atoms with Crippen molar-refractivity contribution in [3.05, 3.63) is 64.8 Å². The zero-order valence-electron chi connectivity index (χ0n) is 16.1. The molecule has 2 aromatic carbocycles. The summed E-state index contributed by atoms with van der Waals surface area (Å²) in [4.78, 5) is 29.9. The Morgan fingerprint density at radius 1 is 1.00 bits per heavy atom. The van der Waals surface area contributed by atoms with E-state index < -0.39 is 0 Å². The predicted molar refractivity (Wildman–Crippen MR) is 111 cm³/mol. The quantitative estimate of drug-likeness (QED) is 0.705. The Kier molecular flexibility index (Phi) is 5.56. The molecule has 2 heterocycles. The minimum Gasteiger partial charge on any atom is -0.494 e. The molecule has 0 spiro atoms. The molecule has 6 nitrogen and oxygen atoms in total. The van der Waals surface area contributed by atoms with E-state index in [9.17, 15) is 9.59 Å². The molecule has 0 aromatic heterocycles. The third-order valence-corrected chi connectivity index (χ3v) is 5.25. The first-order chi connectivity index (χ1) is 14.1. The van der Waals surface area contributed by atoms with E-state index in [0.717, 1.165) is 0 Å². The number of rotatable bonds is 5. The molecule has 0 unspecified atom stereocenters. The van der Waals surface area contributed by atoms with Crippen LogP contribution in [0.5, 0.6) is 5.75 Å². The van der Waals surface area contributed by atoms with Crippen LogP contribution in [0.25, 0.3) is 5.57 Å². The van der Waals surface area contributed by atoms with Gasteiger partial charge < -0.3 is 14.4 Å². The number of halogens is 1. The fourth-order valence-corrected chi connectivity index (χ4v) is 3.82. The van der Waals surface area contributed by atoms with Gasteiger partial charge in [0.1, 0.15) is 11.4 Å². The minimum absolute atomic E-state index is 0.350. The van der Waals surface area contributed by atoms with Crippen LogP contribution in [0.15, 0.2) is 54.2 Å². The number of ether oxygens (including phenoxy) is 2. The Morgan fingerprint density at radius 3 is 2.34 bits per heavy atom. The van der Waals surface area contributed by atoms with Gasteiger partial charge in [-0.05, 0) is 36.8 Å². The second-order valence-electron chi connectivity index (χ2n) is 6.68. The topological polar surface area (TPSA) is 59.1 Å². The first-order valence-corrected chi connectivity index (χ1v) is 9.93. The van der Waals surface area contributed by atoms with Gasteiger partial charge in [-0.1, -0.05) is 35.9 Å². The van der Waals surface area contributed by atoms with Crippen LogP contribution in [0.1, 0.15) is 12.5 Å². The van der Waals surface area contributed by atoms with Gasteiger partial charge in [0.2, 0.25) is 0 Å². The summed E-state index contributed by atoms with van der Waals surface area (Å²) < 4.78 is 10.9. The van der Waals surface area contributed by atoms with Gasteiger partial charge in [-0.2, -0.15) is 0 Å². The predicted octanol–water partition coefficient (Wildman–Crippen LogP) is 3.36. The molecule has 4 rings (SSSR count). The van der Waals surface area contributed by atoms with Gasteiger partial charge in [-0.15, -0.1) is 0 Å². The Morgan fingerprint density at radius 2 is 1.69 bits per heavy atom. The summed E-state index contributed by atoms with van der Waals surface area (Å²) in [6.07, 6.45) is 0. The van der Waals surface area contributed by atoms with E-state index in [2.05, 4.69) is 0 Å². The highest BCUT2D eigenvalue weighted by molar-refractivity contribution is 6.47. The molecule has 29 heavy (non-hydrogen) atoms. The van der Waals surface area contributed by atoms with Crippen molar-refractivity contribution < 1.29 is 19.1 Å². The molecule has 2 amide bonds. The fourth-order valence-electron chi connectivity index (χ4n) is 3.60. The molecule has 0 atom stereocenters. The molecule has 150 valence electrons. The Bertz CT molecular complexity index is 965. The molecule has 7 heteroatoms. The van der Waals surface area contributed by atoms with Crippen molar-refractivity contribution in [2.75, 3.05) is 37.8 Å². The van der Waals surface area contributed by atoms with Crippen molar-refractivity contribution in [1.82, 2.24) is 4.90 Å². The first kappa shape index (κ1) is 19.5. The van der Waals surface area contributed by atoms with Crippen LogP contribution in [0.2, 0.25) is 5.02 Å². The maximum Gasteiger partial charge on any atom is 0.282 e. The van der Waals surface area contributed by atoms with Crippen molar-refractivity contribution in [2.45, 2.75) is 6.92 Å². The van der Waals surface area contributed by atoms with Gasteiger partial charge in [0.05, 0.1) is 36.1 Å². The SMILES string of the molecule is CCOc1ccc(C2=C(N3CCOCC3)C(=O)N(c3ccccc3Cl)C2=O)cc1. The number of hydrogen-bond donors (Lipinski definition) is 0. The average molecular weight is 413 g/mol. The number of hydrogen-bond acceptors (Lipinski definition) is 5. The van der Waals surface area contributed by atoms with Crippen LogP contribution in [0.3, 0.4) is 0 Å². The van der Waals surface area contributed by atoms with Gasteiger partial charge in [0.25, 0.3) is 11.8 Å². The van der Waals surface area contributed by atoms with E-state index in [1.807, 2.05) is 24.0 Å². The van der Waals surface area contributed by atoms with E-state index >= 15 is 0 Å². The van der Waals surface area contributed by atoms with E-state index in [4.69, 9.17) is 21.1 Å². The monoisotopic (exact) mass is 412 g/mol. The Hall–Kier alpha value is -2.83. The number of carbonyl (C=O) groups is 2. The summed E-state index contributed by atoms with van der Waals surface area (Å²) in [6, 6.07) is 14.1. The molecule has 0 bridgehead atoms. The van der Waals surface area contributed by atoms with Gasteiger partial charge in [0.15, 0.2) is 0 Å². The van der Waals surface area contributed by atoms with Crippen molar-refractivity contribution in [3.63, 3.8) is 0 Å². The highest BCUT2D eigenvalue weighted by Crippen LogP contribution is 2.38. The Balaban J connectivity index is 1.80. The third-order valence-electron chi connectivity index (χ3n) is 4.93. The molecular weight excluding hydrogens is 392 g/mol. The van der Waals surface area contributed by atoms with Crippen molar-refractivity contribution in [3.8, 4) is 5.75 Å². The number of anilines is 1. The number of carbonyl (C=O) groups excluding carboxylic acids is 2. The van der Waals surface area contributed by atoms with Crippen LogP contribution in [0, 0.1) is 0 Å². The van der Waals surface area contributed by atoms with E-state index in [0.29, 0.717) is 66.2 Å². The molecule has 0 saturated carbocycles. The Labute approximate surface area is 174 Å². The lowest BCUT2D eigenvalue weighted by atomic mass is 10.0. The van der Waals surface area contributed by atoms with Crippen molar-refractivity contribution in [1.29, 1.82) is 0 Å². The number of morpholine rings is 1. The van der Waals surface area contributed by atoms with Crippen LogP contribution >= 0.6 is 11.6 Å². The largest absolute Gasteiger partial charge is 0.494 e. The highest BCUT2D eigenvalue weighted by atomic mass is 35.5. The van der Waals surface area contributed by atoms with E-state index in [1.165, 1.54) is 4.90 Å². The standard InChI is InChI=1S/C22H21ClN2O4/c1-2-29-16-9-7-15(8-10-16)19-20(24-11-13-28-14-12-24)22(27)25(21(19)26)18-6-4-3-5-17(18)23/h3-10H,2,11-14H2,1H3. The molecule has 1 saturated heterocycles. The lowest BCUT2D eigenvalue weighted by Gasteiger charge is -2.29. The minimum atomic E-state index is -0.381. The number of benzene rings is 2. The van der Waals surface area contributed by atoms with Gasteiger partial charge in [-0.3, -0.25) is 9.59 Å². The number of amides is 2. The molecule has 0 radical (unpaired) electrons. The molecule has 2 aliphatic rings. The van der Waals surface area contributed by atoms with Crippen molar-refractivity contribution in [2.24, 2.45) is 0 Å². The van der Waals surface area contributed by atoms with E-state index in [1.54, 1.807) is 36.4 Å². The fraction of sp³-hybridized carbons (Fsp3) is 0.273. The summed E-state index contributed by atoms with van der Waals surface area (Å²) in [5.74, 6) is -0.0351. The molecule has 2 aliphatic heterocycles. The van der Waals surface area contributed by atoms with Gasteiger partial charge in [-0.25, -0.2) is 4.90 Å². The first-order valence-electron chi connectivity index (χ1n) is 9.55. The zero-order chi connectivity index (χ0) is 20.4. The van der Waals surface area contributed by atoms with Crippen LogP contribution in [0.4, 0.5) is 5.69 Å². The van der Waals surface area contributed by atoms with E-state index in [-0.39, 0.29) is 11.8 Å². The normalized spacial score (nSPS) is 17.3. The maximum atomic E-state index is 13.4. The number of para-hydroxylation sites is 1. The second kappa shape index (κ2) is 8.27.